The molecule has 0 spiro atoms. The van der Waals surface area contributed by atoms with E-state index in [-0.39, 0.29) is 18.6 Å². The SMILES string of the molecule is Nc1ccc(NC(=O)COC2CCCCC2)c(Cl)c1. The Morgan fingerprint density at radius 2 is 2.11 bits per heavy atom. The van der Waals surface area contributed by atoms with Crippen molar-refractivity contribution in [3.8, 4) is 0 Å². The van der Waals surface area contributed by atoms with Crippen LogP contribution in [0.2, 0.25) is 5.02 Å². The van der Waals surface area contributed by atoms with Gasteiger partial charge in [0.05, 0.1) is 16.8 Å². The van der Waals surface area contributed by atoms with Crippen molar-refractivity contribution < 1.29 is 9.53 Å². The standard InChI is InChI=1S/C14H19ClN2O2/c15-12-8-10(16)6-7-13(12)17-14(18)9-19-11-4-2-1-3-5-11/h6-8,11H,1-5,9,16H2,(H,17,18). The smallest absolute Gasteiger partial charge is 0.250 e. The molecule has 1 aromatic carbocycles. The molecule has 1 fully saturated rings. The van der Waals surface area contributed by atoms with E-state index < -0.39 is 0 Å². The van der Waals surface area contributed by atoms with Crippen molar-refractivity contribution in [3.63, 3.8) is 0 Å². The highest BCUT2D eigenvalue weighted by Gasteiger charge is 2.15. The molecular formula is C14H19ClN2O2. The second kappa shape index (κ2) is 6.78. The van der Waals surface area contributed by atoms with Gasteiger partial charge in [-0.05, 0) is 31.0 Å². The van der Waals surface area contributed by atoms with Crippen molar-refractivity contribution in [2.24, 2.45) is 0 Å². The molecule has 0 aliphatic heterocycles. The van der Waals surface area contributed by atoms with E-state index in [1.807, 2.05) is 0 Å². The average molecular weight is 283 g/mol. The lowest BCUT2D eigenvalue weighted by atomic mass is 9.98. The number of carbonyl (C=O) groups is 1. The summed E-state index contributed by atoms with van der Waals surface area (Å²) in [5.74, 6) is -0.183. The van der Waals surface area contributed by atoms with E-state index >= 15 is 0 Å². The van der Waals surface area contributed by atoms with Gasteiger partial charge in [-0.15, -0.1) is 0 Å². The van der Waals surface area contributed by atoms with Gasteiger partial charge in [0.2, 0.25) is 5.91 Å². The number of benzene rings is 1. The van der Waals surface area contributed by atoms with Crippen LogP contribution in [0.4, 0.5) is 11.4 Å². The molecule has 1 aromatic rings. The lowest BCUT2D eigenvalue weighted by molar-refractivity contribution is -0.123. The first-order valence-corrected chi connectivity index (χ1v) is 6.99. The Hall–Kier alpha value is -1.26. The Morgan fingerprint density at radius 3 is 2.79 bits per heavy atom. The topological polar surface area (TPSA) is 64.3 Å². The van der Waals surface area contributed by atoms with Gasteiger partial charge in [-0.3, -0.25) is 4.79 Å². The summed E-state index contributed by atoms with van der Waals surface area (Å²) >= 11 is 5.99. The fraction of sp³-hybridized carbons (Fsp3) is 0.500. The predicted molar refractivity (Wildman–Crippen MR) is 77.3 cm³/mol. The number of amides is 1. The lowest BCUT2D eigenvalue weighted by Crippen LogP contribution is -2.24. The summed E-state index contributed by atoms with van der Waals surface area (Å²) in [6.07, 6.45) is 5.98. The molecule has 0 radical (unpaired) electrons. The molecule has 1 aliphatic carbocycles. The molecular weight excluding hydrogens is 264 g/mol. The van der Waals surface area contributed by atoms with Crippen LogP contribution in [0, 0.1) is 0 Å². The zero-order chi connectivity index (χ0) is 13.7. The van der Waals surface area contributed by atoms with Gasteiger partial charge >= 0.3 is 0 Å². The summed E-state index contributed by atoms with van der Waals surface area (Å²) in [6, 6.07) is 5.00. The van der Waals surface area contributed by atoms with Crippen LogP contribution >= 0.6 is 11.6 Å². The quantitative estimate of drug-likeness (QED) is 0.834. The third kappa shape index (κ3) is 4.40. The molecule has 2 rings (SSSR count). The van der Waals surface area contributed by atoms with Gasteiger partial charge in [0, 0.05) is 5.69 Å². The van der Waals surface area contributed by atoms with Gasteiger partial charge in [-0.25, -0.2) is 0 Å². The molecule has 19 heavy (non-hydrogen) atoms. The Bertz CT molecular complexity index is 445. The normalized spacial score (nSPS) is 16.3. The van der Waals surface area contributed by atoms with Crippen LogP contribution in [0.25, 0.3) is 0 Å². The van der Waals surface area contributed by atoms with E-state index in [1.165, 1.54) is 19.3 Å². The number of ether oxygens (including phenoxy) is 1. The Balaban J connectivity index is 1.80. The monoisotopic (exact) mass is 282 g/mol. The molecule has 3 N–H and O–H groups in total. The van der Waals surface area contributed by atoms with Gasteiger partial charge in [-0.1, -0.05) is 30.9 Å². The van der Waals surface area contributed by atoms with E-state index in [0.717, 1.165) is 12.8 Å². The summed E-state index contributed by atoms with van der Waals surface area (Å²) in [5.41, 5.74) is 6.73. The van der Waals surface area contributed by atoms with Crippen LogP contribution in [0.5, 0.6) is 0 Å². The summed E-state index contributed by atoms with van der Waals surface area (Å²) < 4.78 is 5.60. The minimum atomic E-state index is -0.183. The van der Waals surface area contributed by atoms with Gasteiger partial charge in [0.25, 0.3) is 0 Å². The molecule has 5 heteroatoms. The summed E-state index contributed by atoms with van der Waals surface area (Å²) in [5, 5.41) is 3.16. The first-order chi connectivity index (χ1) is 9.15. The number of hydrogen-bond donors (Lipinski definition) is 2. The molecule has 0 saturated heterocycles. The minimum absolute atomic E-state index is 0.0748. The van der Waals surface area contributed by atoms with Crippen molar-refractivity contribution in [2.45, 2.75) is 38.2 Å². The van der Waals surface area contributed by atoms with Crippen molar-refractivity contribution >= 4 is 28.9 Å². The minimum Gasteiger partial charge on any atom is -0.399 e. The highest BCUT2D eigenvalue weighted by molar-refractivity contribution is 6.34. The number of carbonyl (C=O) groups excluding carboxylic acids is 1. The number of hydrogen-bond acceptors (Lipinski definition) is 3. The predicted octanol–water partition coefficient (Wildman–Crippen LogP) is 3.21. The number of anilines is 2. The van der Waals surface area contributed by atoms with E-state index in [1.54, 1.807) is 18.2 Å². The largest absolute Gasteiger partial charge is 0.399 e. The number of halogens is 1. The zero-order valence-corrected chi connectivity index (χ0v) is 11.6. The summed E-state index contributed by atoms with van der Waals surface area (Å²) in [6.45, 7) is 0.0748. The first kappa shape index (κ1) is 14.2. The van der Waals surface area contributed by atoms with Crippen LogP contribution in [0.15, 0.2) is 18.2 Å². The molecule has 0 heterocycles. The number of nitrogens with two attached hydrogens (primary N) is 1. The maximum atomic E-state index is 11.8. The first-order valence-electron chi connectivity index (χ1n) is 6.61. The van der Waals surface area contributed by atoms with Gasteiger partial charge < -0.3 is 15.8 Å². The molecule has 1 aliphatic rings. The van der Waals surface area contributed by atoms with Gasteiger partial charge in [0.15, 0.2) is 0 Å². The highest BCUT2D eigenvalue weighted by atomic mass is 35.5. The maximum absolute atomic E-state index is 11.8. The lowest BCUT2D eigenvalue weighted by Gasteiger charge is -2.21. The van der Waals surface area contributed by atoms with Crippen LogP contribution in [-0.2, 0) is 9.53 Å². The number of nitrogens with one attached hydrogen (secondary N) is 1. The van der Waals surface area contributed by atoms with E-state index in [4.69, 9.17) is 22.1 Å². The number of rotatable bonds is 4. The molecule has 104 valence electrons. The zero-order valence-electron chi connectivity index (χ0n) is 10.8. The van der Waals surface area contributed by atoms with Crippen LogP contribution < -0.4 is 11.1 Å². The second-order valence-corrected chi connectivity index (χ2v) is 5.27. The Kier molecular flexibility index (Phi) is 5.05. The Morgan fingerprint density at radius 1 is 1.37 bits per heavy atom. The average Bonchev–Trinajstić information content (AvgIpc) is 2.41. The molecule has 4 nitrogen and oxygen atoms in total. The molecule has 0 unspecified atom stereocenters. The van der Waals surface area contributed by atoms with E-state index in [2.05, 4.69) is 5.32 Å². The second-order valence-electron chi connectivity index (χ2n) is 4.86. The number of nitrogen functional groups attached to an aromatic ring is 1. The Labute approximate surface area is 118 Å². The summed E-state index contributed by atoms with van der Waals surface area (Å²) in [7, 11) is 0. The van der Waals surface area contributed by atoms with Crippen LogP contribution in [0.3, 0.4) is 0 Å². The third-order valence-corrected chi connectivity index (χ3v) is 3.58. The fourth-order valence-electron chi connectivity index (χ4n) is 2.24. The van der Waals surface area contributed by atoms with Gasteiger partial charge in [-0.2, -0.15) is 0 Å². The molecule has 1 saturated carbocycles. The van der Waals surface area contributed by atoms with E-state index in [0.29, 0.717) is 16.4 Å². The fourth-order valence-corrected chi connectivity index (χ4v) is 2.48. The highest BCUT2D eigenvalue weighted by Crippen LogP contribution is 2.24. The molecule has 0 atom stereocenters. The molecule has 1 amide bonds. The molecule has 0 bridgehead atoms. The van der Waals surface area contributed by atoms with E-state index in [9.17, 15) is 4.79 Å². The van der Waals surface area contributed by atoms with Crippen LogP contribution in [0.1, 0.15) is 32.1 Å². The van der Waals surface area contributed by atoms with Crippen LogP contribution in [-0.4, -0.2) is 18.6 Å². The van der Waals surface area contributed by atoms with Crippen molar-refractivity contribution in [2.75, 3.05) is 17.7 Å². The van der Waals surface area contributed by atoms with Crippen molar-refractivity contribution in [1.29, 1.82) is 0 Å². The maximum Gasteiger partial charge on any atom is 0.250 e. The summed E-state index contributed by atoms with van der Waals surface area (Å²) in [4.78, 5) is 11.8. The van der Waals surface area contributed by atoms with Crippen molar-refractivity contribution in [1.82, 2.24) is 0 Å². The third-order valence-electron chi connectivity index (χ3n) is 3.27. The molecule has 0 aromatic heterocycles. The van der Waals surface area contributed by atoms with Crippen molar-refractivity contribution in [3.05, 3.63) is 23.2 Å². The van der Waals surface area contributed by atoms with Gasteiger partial charge in [0.1, 0.15) is 6.61 Å².